The molecule has 0 amide bonds. The highest BCUT2D eigenvalue weighted by molar-refractivity contribution is 6.06. The van der Waals surface area contributed by atoms with Gasteiger partial charge >= 0.3 is 0 Å². The zero-order valence-electron chi connectivity index (χ0n) is 12.8. The smallest absolute Gasteiger partial charge is 0.152 e. The molecule has 1 aromatic carbocycles. The molecule has 2 N–H and O–H groups in total. The Morgan fingerprint density at radius 2 is 1.95 bits per heavy atom. The molecule has 110 valence electrons. The van der Waals surface area contributed by atoms with Crippen LogP contribution in [0.25, 0.3) is 21.9 Å². The number of aromatic nitrogens is 3. The number of anilines is 1. The Hall–Kier alpha value is -2.30. The number of hydrogen-bond acceptors (Lipinski definition) is 4. The van der Waals surface area contributed by atoms with Crippen molar-refractivity contribution in [3.63, 3.8) is 0 Å². The molecule has 0 saturated carbocycles. The zero-order chi connectivity index (χ0) is 15.0. The van der Waals surface area contributed by atoms with Crippen molar-refractivity contribution in [2.45, 2.75) is 26.2 Å². The summed E-state index contributed by atoms with van der Waals surface area (Å²) in [4.78, 5) is 9.24. The van der Waals surface area contributed by atoms with E-state index in [4.69, 9.17) is 10.7 Å². The summed E-state index contributed by atoms with van der Waals surface area (Å²) in [6.45, 7) is 2.19. The first kappa shape index (κ1) is 13.7. The molecule has 5 nitrogen and oxygen atoms in total. The third-order valence-electron chi connectivity index (χ3n) is 3.72. The minimum atomic E-state index is 0.502. The van der Waals surface area contributed by atoms with E-state index in [1.54, 1.807) is 0 Å². The predicted molar refractivity (Wildman–Crippen MR) is 88.1 cm³/mol. The standard InChI is InChI=1S/C16H21N5/c1-4-5-10-13-19-14-15(21(13)20(2)3)11-8-6-7-9-12(11)18-16(14)17/h6-9H,4-5,10H2,1-3H3,(H2,17,18). The second-order valence-electron chi connectivity index (χ2n) is 5.50. The van der Waals surface area contributed by atoms with Gasteiger partial charge in [0.2, 0.25) is 0 Å². The monoisotopic (exact) mass is 283 g/mol. The summed E-state index contributed by atoms with van der Waals surface area (Å²) >= 11 is 0. The number of rotatable bonds is 4. The first-order valence-corrected chi connectivity index (χ1v) is 7.36. The molecule has 0 fully saturated rings. The lowest BCUT2D eigenvalue weighted by Crippen LogP contribution is -2.27. The molecule has 0 unspecified atom stereocenters. The Labute approximate surface area is 124 Å². The lowest BCUT2D eigenvalue weighted by molar-refractivity contribution is 0.662. The Bertz CT molecular complexity index is 788. The summed E-state index contributed by atoms with van der Waals surface area (Å²) in [7, 11) is 4.06. The van der Waals surface area contributed by atoms with Crippen LogP contribution >= 0.6 is 0 Å². The minimum Gasteiger partial charge on any atom is -0.382 e. The van der Waals surface area contributed by atoms with E-state index >= 15 is 0 Å². The molecule has 0 aliphatic heterocycles. The summed E-state index contributed by atoms with van der Waals surface area (Å²) < 4.78 is 2.16. The van der Waals surface area contributed by atoms with Gasteiger partial charge in [0.15, 0.2) is 5.82 Å². The van der Waals surface area contributed by atoms with Crippen LogP contribution in [0.3, 0.4) is 0 Å². The number of benzene rings is 1. The molecule has 2 heterocycles. The Kier molecular flexibility index (Phi) is 3.41. The fraction of sp³-hybridized carbons (Fsp3) is 0.375. The fourth-order valence-electron chi connectivity index (χ4n) is 2.76. The summed E-state index contributed by atoms with van der Waals surface area (Å²) in [5, 5.41) is 3.15. The number of para-hydroxylation sites is 1. The van der Waals surface area contributed by atoms with Crippen molar-refractivity contribution in [1.82, 2.24) is 14.6 Å². The van der Waals surface area contributed by atoms with Gasteiger partial charge in [-0.1, -0.05) is 31.5 Å². The number of nitrogens with zero attached hydrogens (tertiary/aromatic N) is 4. The van der Waals surface area contributed by atoms with Crippen molar-refractivity contribution < 1.29 is 0 Å². The first-order chi connectivity index (χ1) is 10.1. The normalized spacial score (nSPS) is 11.4. The molecule has 21 heavy (non-hydrogen) atoms. The van der Waals surface area contributed by atoms with Crippen LogP contribution in [0.15, 0.2) is 24.3 Å². The van der Waals surface area contributed by atoms with Crippen LogP contribution in [-0.4, -0.2) is 28.7 Å². The van der Waals surface area contributed by atoms with Crippen molar-refractivity contribution in [1.29, 1.82) is 0 Å². The second kappa shape index (κ2) is 5.24. The van der Waals surface area contributed by atoms with Crippen molar-refractivity contribution in [3.8, 4) is 0 Å². The molecular formula is C16H21N5. The average Bonchev–Trinajstić information content (AvgIpc) is 2.85. The molecule has 3 rings (SSSR count). The van der Waals surface area contributed by atoms with Gasteiger partial charge in [0.1, 0.15) is 16.9 Å². The molecule has 2 aromatic heterocycles. The predicted octanol–water partition coefficient (Wildman–Crippen LogP) is 2.71. The maximum absolute atomic E-state index is 6.13. The van der Waals surface area contributed by atoms with Crippen LogP contribution in [-0.2, 0) is 6.42 Å². The Morgan fingerprint density at radius 1 is 1.19 bits per heavy atom. The third kappa shape index (κ3) is 2.18. The summed E-state index contributed by atoms with van der Waals surface area (Å²) in [5.41, 5.74) is 8.89. The van der Waals surface area contributed by atoms with E-state index in [1.807, 2.05) is 32.3 Å². The summed E-state index contributed by atoms with van der Waals surface area (Å²) in [6.07, 6.45) is 3.20. The summed E-state index contributed by atoms with van der Waals surface area (Å²) in [5.74, 6) is 1.55. The Balaban J connectivity index is 2.38. The van der Waals surface area contributed by atoms with E-state index in [0.717, 1.165) is 47.0 Å². The van der Waals surface area contributed by atoms with Gasteiger partial charge in [-0.05, 0) is 12.5 Å². The number of pyridine rings is 1. The maximum atomic E-state index is 6.13. The largest absolute Gasteiger partial charge is 0.382 e. The second-order valence-corrected chi connectivity index (χ2v) is 5.50. The van der Waals surface area contributed by atoms with Gasteiger partial charge in [-0.2, -0.15) is 0 Å². The zero-order valence-corrected chi connectivity index (χ0v) is 12.8. The topological polar surface area (TPSA) is 60.0 Å². The number of hydrogen-bond donors (Lipinski definition) is 1. The molecule has 0 atom stereocenters. The molecule has 0 aliphatic carbocycles. The summed E-state index contributed by atoms with van der Waals surface area (Å²) in [6, 6.07) is 8.08. The highest BCUT2D eigenvalue weighted by atomic mass is 15.5. The molecule has 5 heteroatoms. The van der Waals surface area contributed by atoms with E-state index in [0.29, 0.717) is 5.82 Å². The van der Waals surface area contributed by atoms with Gasteiger partial charge in [-0.3, -0.25) is 0 Å². The molecular weight excluding hydrogens is 262 g/mol. The van der Waals surface area contributed by atoms with Crippen molar-refractivity contribution >= 4 is 27.8 Å². The van der Waals surface area contributed by atoms with Crippen LogP contribution in [0.2, 0.25) is 0 Å². The van der Waals surface area contributed by atoms with Gasteiger partial charge in [-0.15, -0.1) is 0 Å². The van der Waals surface area contributed by atoms with E-state index < -0.39 is 0 Å². The number of imidazole rings is 1. The van der Waals surface area contributed by atoms with Crippen molar-refractivity contribution in [2.24, 2.45) is 0 Å². The SMILES string of the molecule is CCCCc1nc2c(N)nc3ccccc3c2n1N(C)C. The number of fused-ring (bicyclic) bond motifs is 3. The molecule has 0 bridgehead atoms. The van der Waals surface area contributed by atoms with Crippen LogP contribution in [0.5, 0.6) is 0 Å². The average molecular weight is 283 g/mol. The number of aryl methyl sites for hydroxylation is 1. The Morgan fingerprint density at radius 3 is 2.67 bits per heavy atom. The molecule has 0 radical (unpaired) electrons. The van der Waals surface area contributed by atoms with E-state index in [9.17, 15) is 0 Å². The van der Waals surface area contributed by atoms with E-state index in [2.05, 4.69) is 27.7 Å². The number of unbranched alkanes of at least 4 members (excludes halogenated alkanes) is 1. The third-order valence-corrected chi connectivity index (χ3v) is 3.72. The quantitative estimate of drug-likeness (QED) is 0.799. The van der Waals surface area contributed by atoms with Crippen LogP contribution in [0, 0.1) is 0 Å². The lowest BCUT2D eigenvalue weighted by Gasteiger charge is -2.19. The molecule has 3 aromatic rings. The highest BCUT2D eigenvalue weighted by Crippen LogP contribution is 2.28. The van der Waals surface area contributed by atoms with Crippen LogP contribution < -0.4 is 10.7 Å². The van der Waals surface area contributed by atoms with Crippen molar-refractivity contribution in [3.05, 3.63) is 30.1 Å². The van der Waals surface area contributed by atoms with Crippen LogP contribution in [0.1, 0.15) is 25.6 Å². The van der Waals surface area contributed by atoms with Gasteiger partial charge in [0.05, 0.1) is 5.52 Å². The fourth-order valence-corrected chi connectivity index (χ4v) is 2.76. The van der Waals surface area contributed by atoms with Gasteiger partial charge in [-0.25, -0.2) is 14.6 Å². The first-order valence-electron chi connectivity index (χ1n) is 7.36. The molecule has 0 spiro atoms. The van der Waals surface area contributed by atoms with Gasteiger partial charge in [0.25, 0.3) is 0 Å². The van der Waals surface area contributed by atoms with Gasteiger partial charge in [0, 0.05) is 25.9 Å². The highest BCUT2D eigenvalue weighted by Gasteiger charge is 2.17. The number of nitrogen functional groups attached to an aromatic ring is 1. The maximum Gasteiger partial charge on any atom is 0.152 e. The molecule has 0 saturated heterocycles. The minimum absolute atomic E-state index is 0.502. The van der Waals surface area contributed by atoms with E-state index in [-0.39, 0.29) is 0 Å². The van der Waals surface area contributed by atoms with E-state index in [1.165, 1.54) is 0 Å². The van der Waals surface area contributed by atoms with Crippen LogP contribution in [0.4, 0.5) is 5.82 Å². The van der Waals surface area contributed by atoms with Gasteiger partial charge < -0.3 is 10.7 Å². The molecule has 0 aliphatic rings. The lowest BCUT2D eigenvalue weighted by atomic mass is 10.2. The van der Waals surface area contributed by atoms with Crippen molar-refractivity contribution in [2.75, 3.05) is 24.8 Å². The number of nitrogens with two attached hydrogens (primary N) is 1.